The number of halogens is 1. The predicted molar refractivity (Wildman–Crippen MR) is 66.7 cm³/mol. The van der Waals surface area contributed by atoms with E-state index in [-0.39, 0.29) is 5.82 Å². The molecule has 2 rings (SSSR count). The molecule has 2 aromatic rings. The monoisotopic (exact) mass is 262 g/mol. The Balaban J connectivity index is 2.02. The van der Waals surface area contributed by atoms with Crippen molar-refractivity contribution in [2.24, 2.45) is 0 Å². The van der Waals surface area contributed by atoms with Gasteiger partial charge < -0.3 is 9.47 Å². The Morgan fingerprint density at radius 3 is 2.53 bits per heavy atom. The fraction of sp³-hybridized carbons (Fsp3) is 0.0769. The minimum Gasteiger partial charge on any atom is -0.453 e. The molecular weight excluding hydrogens is 251 g/mol. The molecule has 0 aliphatic rings. The minimum atomic E-state index is -0.575. The van der Waals surface area contributed by atoms with Gasteiger partial charge in [-0.3, -0.25) is 5.32 Å². The number of anilines is 1. The maximum absolute atomic E-state index is 12.7. The van der Waals surface area contributed by atoms with Crippen LogP contribution in [-0.2, 0) is 4.74 Å². The third-order valence-electron chi connectivity index (χ3n) is 2.20. The largest absolute Gasteiger partial charge is 0.453 e. The third kappa shape index (κ3) is 3.67. The highest BCUT2D eigenvalue weighted by Gasteiger charge is 2.02. The van der Waals surface area contributed by atoms with Crippen molar-refractivity contribution in [1.29, 1.82) is 0 Å². The highest BCUT2D eigenvalue weighted by molar-refractivity contribution is 5.84. The summed E-state index contributed by atoms with van der Waals surface area (Å²) in [5, 5.41) is 2.46. The van der Waals surface area contributed by atoms with Crippen LogP contribution in [0.5, 0.6) is 11.6 Å². The van der Waals surface area contributed by atoms with Gasteiger partial charge in [0.15, 0.2) is 0 Å². The summed E-state index contributed by atoms with van der Waals surface area (Å²) in [6.45, 7) is 0. The van der Waals surface area contributed by atoms with Crippen molar-refractivity contribution >= 4 is 11.8 Å². The smallest absolute Gasteiger partial charge is 0.411 e. The number of aromatic nitrogens is 1. The van der Waals surface area contributed by atoms with Gasteiger partial charge in [0.1, 0.15) is 11.6 Å². The second kappa shape index (κ2) is 5.81. The van der Waals surface area contributed by atoms with E-state index >= 15 is 0 Å². The number of pyridine rings is 1. The van der Waals surface area contributed by atoms with E-state index in [1.54, 1.807) is 12.1 Å². The number of nitrogens with one attached hydrogen (secondary N) is 1. The second-order valence-electron chi connectivity index (χ2n) is 3.56. The van der Waals surface area contributed by atoms with Crippen molar-refractivity contribution in [3.05, 3.63) is 48.4 Å². The number of nitrogens with zero attached hydrogens (tertiary/aromatic N) is 1. The molecule has 0 saturated heterocycles. The number of ether oxygens (including phenoxy) is 2. The molecule has 0 atom stereocenters. The molecule has 1 heterocycles. The van der Waals surface area contributed by atoms with Gasteiger partial charge >= 0.3 is 6.09 Å². The third-order valence-corrected chi connectivity index (χ3v) is 2.20. The van der Waals surface area contributed by atoms with E-state index in [0.717, 1.165) is 0 Å². The molecule has 6 heteroatoms. The first-order chi connectivity index (χ1) is 9.17. The van der Waals surface area contributed by atoms with Crippen LogP contribution in [0, 0.1) is 5.82 Å². The Morgan fingerprint density at radius 2 is 1.95 bits per heavy atom. The predicted octanol–water partition coefficient (Wildman–Crippen LogP) is 3.19. The Hall–Kier alpha value is -2.63. The molecule has 1 aromatic heterocycles. The van der Waals surface area contributed by atoms with Crippen LogP contribution in [0.25, 0.3) is 0 Å². The number of methoxy groups -OCH3 is 1. The Morgan fingerprint density at radius 1 is 1.21 bits per heavy atom. The lowest BCUT2D eigenvalue weighted by atomic mass is 10.3. The first kappa shape index (κ1) is 12.8. The molecule has 0 saturated carbocycles. The van der Waals surface area contributed by atoms with Gasteiger partial charge in [-0.2, -0.15) is 0 Å². The van der Waals surface area contributed by atoms with Gasteiger partial charge in [0.25, 0.3) is 0 Å². The van der Waals surface area contributed by atoms with E-state index in [1.807, 2.05) is 0 Å². The van der Waals surface area contributed by atoms with E-state index in [9.17, 15) is 9.18 Å². The molecule has 0 aliphatic heterocycles. The van der Waals surface area contributed by atoms with Crippen molar-refractivity contribution < 1.29 is 18.7 Å². The molecule has 0 bridgehead atoms. The van der Waals surface area contributed by atoms with E-state index in [1.165, 1.54) is 37.6 Å². The molecule has 1 amide bonds. The number of carbonyl (C=O) groups excluding carboxylic acids is 1. The summed E-state index contributed by atoms with van der Waals surface area (Å²) in [4.78, 5) is 15.0. The lowest BCUT2D eigenvalue weighted by Crippen LogP contribution is -2.10. The zero-order valence-electron chi connectivity index (χ0n) is 10.1. The first-order valence-electron chi connectivity index (χ1n) is 5.42. The molecule has 0 spiro atoms. The molecule has 0 fully saturated rings. The van der Waals surface area contributed by atoms with Crippen LogP contribution >= 0.6 is 0 Å². The number of amides is 1. The summed E-state index contributed by atoms with van der Waals surface area (Å²) in [6.07, 6.45) is 0.851. The second-order valence-corrected chi connectivity index (χ2v) is 3.56. The van der Waals surface area contributed by atoms with Crippen LogP contribution in [0.3, 0.4) is 0 Å². The van der Waals surface area contributed by atoms with Gasteiger partial charge in [-0.15, -0.1) is 0 Å². The molecule has 19 heavy (non-hydrogen) atoms. The van der Waals surface area contributed by atoms with Crippen LogP contribution in [0.15, 0.2) is 42.6 Å². The van der Waals surface area contributed by atoms with Gasteiger partial charge in [-0.05, 0) is 30.3 Å². The van der Waals surface area contributed by atoms with E-state index in [2.05, 4.69) is 15.0 Å². The standard InChI is InChI=1S/C13H11FN2O3/c1-18-13(17)16-10-4-7-12(15-8-10)19-11-5-2-9(14)3-6-11/h2-8H,1H3,(H,16,17). The molecule has 0 aliphatic carbocycles. The Kier molecular flexibility index (Phi) is 3.92. The van der Waals surface area contributed by atoms with Crippen LogP contribution in [0.4, 0.5) is 14.9 Å². The molecule has 1 N–H and O–H groups in total. The van der Waals surface area contributed by atoms with Gasteiger partial charge in [-0.1, -0.05) is 0 Å². The average molecular weight is 262 g/mol. The van der Waals surface area contributed by atoms with Crippen molar-refractivity contribution in [2.75, 3.05) is 12.4 Å². The summed E-state index contributed by atoms with van der Waals surface area (Å²) in [7, 11) is 1.27. The molecule has 0 radical (unpaired) electrons. The average Bonchev–Trinajstić information content (AvgIpc) is 2.43. The summed E-state index contributed by atoms with van der Waals surface area (Å²) >= 11 is 0. The molecule has 98 valence electrons. The maximum Gasteiger partial charge on any atom is 0.411 e. The topological polar surface area (TPSA) is 60.5 Å². The molecule has 0 unspecified atom stereocenters. The normalized spacial score (nSPS) is 9.79. The fourth-order valence-electron chi connectivity index (χ4n) is 1.31. The number of hydrogen-bond acceptors (Lipinski definition) is 4. The van der Waals surface area contributed by atoms with Crippen molar-refractivity contribution in [3.8, 4) is 11.6 Å². The van der Waals surface area contributed by atoms with Crippen molar-refractivity contribution in [1.82, 2.24) is 4.98 Å². The number of hydrogen-bond donors (Lipinski definition) is 1. The maximum atomic E-state index is 12.7. The number of rotatable bonds is 3. The first-order valence-corrected chi connectivity index (χ1v) is 5.42. The van der Waals surface area contributed by atoms with E-state index in [4.69, 9.17) is 4.74 Å². The highest BCUT2D eigenvalue weighted by Crippen LogP contribution is 2.20. The summed E-state index contributed by atoms with van der Waals surface area (Å²) in [5.41, 5.74) is 0.485. The van der Waals surface area contributed by atoms with Crippen molar-refractivity contribution in [3.63, 3.8) is 0 Å². The molecule has 1 aromatic carbocycles. The minimum absolute atomic E-state index is 0.335. The summed E-state index contributed by atoms with van der Waals surface area (Å²) in [5.74, 6) is 0.475. The van der Waals surface area contributed by atoms with Crippen LogP contribution in [0.2, 0.25) is 0 Å². The fourth-order valence-corrected chi connectivity index (χ4v) is 1.31. The highest BCUT2D eigenvalue weighted by atomic mass is 19.1. The number of benzene rings is 1. The number of carbonyl (C=O) groups is 1. The quantitative estimate of drug-likeness (QED) is 0.922. The summed E-state index contributed by atoms with van der Waals surface area (Å²) in [6, 6.07) is 8.78. The lowest BCUT2D eigenvalue weighted by Gasteiger charge is -2.06. The molecular formula is C13H11FN2O3. The van der Waals surface area contributed by atoms with E-state index in [0.29, 0.717) is 17.3 Å². The van der Waals surface area contributed by atoms with Crippen LogP contribution < -0.4 is 10.1 Å². The zero-order chi connectivity index (χ0) is 13.7. The van der Waals surface area contributed by atoms with Gasteiger partial charge in [0, 0.05) is 6.07 Å². The lowest BCUT2D eigenvalue weighted by molar-refractivity contribution is 0.187. The van der Waals surface area contributed by atoms with Gasteiger partial charge in [-0.25, -0.2) is 14.2 Å². The SMILES string of the molecule is COC(=O)Nc1ccc(Oc2ccc(F)cc2)nc1. The van der Waals surface area contributed by atoms with Gasteiger partial charge in [0.2, 0.25) is 5.88 Å². The van der Waals surface area contributed by atoms with Crippen LogP contribution in [0.1, 0.15) is 0 Å². The van der Waals surface area contributed by atoms with Crippen molar-refractivity contribution in [2.45, 2.75) is 0 Å². The van der Waals surface area contributed by atoms with Gasteiger partial charge in [0.05, 0.1) is 19.0 Å². The van der Waals surface area contributed by atoms with Crippen LogP contribution in [-0.4, -0.2) is 18.2 Å². The Bertz CT molecular complexity index is 555. The zero-order valence-corrected chi connectivity index (χ0v) is 10.1. The van der Waals surface area contributed by atoms with E-state index < -0.39 is 6.09 Å². The molecule has 5 nitrogen and oxygen atoms in total. The Labute approximate surface area is 109 Å². The summed E-state index contributed by atoms with van der Waals surface area (Å²) < 4.78 is 22.6.